The predicted octanol–water partition coefficient (Wildman–Crippen LogP) is 4.31. The summed E-state index contributed by atoms with van der Waals surface area (Å²) in [6.45, 7) is 3.06. The van der Waals surface area contributed by atoms with Gasteiger partial charge in [-0.3, -0.25) is 0 Å². The molecule has 0 aliphatic heterocycles. The van der Waals surface area contributed by atoms with Gasteiger partial charge in [0.25, 0.3) is 0 Å². The van der Waals surface area contributed by atoms with E-state index in [1.165, 1.54) is 0 Å². The monoisotopic (exact) mass is 299 g/mol. The Morgan fingerprint density at radius 1 is 1.33 bits per heavy atom. The van der Waals surface area contributed by atoms with Gasteiger partial charge >= 0.3 is 0 Å². The second kappa shape index (κ2) is 6.97. The third kappa shape index (κ3) is 3.86. The highest BCUT2D eigenvalue weighted by Crippen LogP contribution is 2.30. The van der Waals surface area contributed by atoms with Gasteiger partial charge in [0.05, 0.1) is 0 Å². The van der Waals surface area contributed by atoms with Crippen LogP contribution in [0.1, 0.15) is 18.9 Å². The van der Waals surface area contributed by atoms with E-state index in [1.807, 2.05) is 24.3 Å². The first kappa shape index (κ1) is 13.6. The van der Waals surface area contributed by atoms with E-state index in [9.17, 15) is 0 Å². The molecule has 0 bridgehead atoms. The number of rotatable bonds is 6. The lowest BCUT2D eigenvalue weighted by Gasteiger charge is -2.00. The molecule has 3 nitrogen and oxygen atoms in total. The van der Waals surface area contributed by atoms with Crippen LogP contribution in [0.4, 0.5) is 5.13 Å². The lowest BCUT2D eigenvalue weighted by Crippen LogP contribution is -1.98. The highest BCUT2D eigenvalue weighted by Gasteiger charge is 2.06. The summed E-state index contributed by atoms with van der Waals surface area (Å²) in [6, 6.07) is 7.88. The van der Waals surface area contributed by atoms with Crippen LogP contribution in [0.2, 0.25) is 5.02 Å². The van der Waals surface area contributed by atoms with Gasteiger partial charge in [0.15, 0.2) is 4.34 Å². The van der Waals surface area contributed by atoms with E-state index in [4.69, 9.17) is 11.6 Å². The molecule has 0 fully saturated rings. The van der Waals surface area contributed by atoms with Crippen molar-refractivity contribution in [1.82, 2.24) is 10.2 Å². The first-order chi connectivity index (χ1) is 8.79. The summed E-state index contributed by atoms with van der Waals surface area (Å²) >= 11 is 9.35. The largest absolute Gasteiger partial charge is 0.360 e. The molecule has 1 aromatic heterocycles. The van der Waals surface area contributed by atoms with E-state index < -0.39 is 0 Å². The Labute approximate surface area is 120 Å². The SMILES string of the molecule is CCCNc1nnc(SCc2ccccc2Cl)s1. The Bertz CT molecular complexity index is 502. The lowest BCUT2D eigenvalue weighted by molar-refractivity contribution is 0.951. The second-order valence-electron chi connectivity index (χ2n) is 3.68. The molecule has 0 amide bonds. The maximum absolute atomic E-state index is 6.11. The first-order valence-corrected chi connectivity index (χ1v) is 7.91. The third-order valence-corrected chi connectivity index (χ3v) is 4.67. The molecule has 0 saturated heterocycles. The van der Waals surface area contributed by atoms with Crippen LogP contribution in [-0.4, -0.2) is 16.7 Å². The number of hydrogen-bond acceptors (Lipinski definition) is 5. The Hall–Kier alpha value is -0.780. The number of nitrogens with zero attached hydrogens (tertiary/aromatic N) is 2. The molecular weight excluding hydrogens is 286 g/mol. The van der Waals surface area contributed by atoms with Crippen LogP contribution in [0, 0.1) is 0 Å². The summed E-state index contributed by atoms with van der Waals surface area (Å²) in [6.07, 6.45) is 1.08. The van der Waals surface area contributed by atoms with Crippen molar-refractivity contribution in [3.63, 3.8) is 0 Å². The van der Waals surface area contributed by atoms with Crippen LogP contribution < -0.4 is 5.32 Å². The van der Waals surface area contributed by atoms with E-state index >= 15 is 0 Å². The number of anilines is 1. The number of aromatic nitrogens is 2. The average molecular weight is 300 g/mol. The summed E-state index contributed by atoms with van der Waals surface area (Å²) in [5, 5.41) is 13.2. The van der Waals surface area contributed by atoms with Crippen molar-refractivity contribution < 1.29 is 0 Å². The zero-order chi connectivity index (χ0) is 12.8. The van der Waals surface area contributed by atoms with Gasteiger partial charge in [-0.25, -0.2) is 0 Å². The van der Waals surface area contributed by atoms with E-state index in [2.05, 4.69) is 22.4 Å². The Kier molecular flexibility index (Phi) is 5.28. The van der Waals surface area contributed by atoms with Gasteiger partial charge < -0.3 is 5.32 Å². The Morgan fingerprint density at radius 2 is 2.17 bits per heavy atom. The molecule has 96 valence electrons. The van der Waals surface area contributed by atoms with Gasteiger partial charge in [0.2, 0.25) is 5.13 Å². The van der Waals surface area contributed by atoms with Gasteiger partial charge in [-0.1, -0.05) is 59.8 Å². The fraction of sp³-hybridized carbons (Fsp3) is 0.333. The molecule has 0 atom stereocenters. The molecule has 18 heavy (non-hydrogen) atoms. The molecule has 2 aromatic rings. The van der Waals surface area contributed by atoms with E-state index in [0.717, 1.165) is 38.8 Å². The Morgan fingerprint density at radius 3 is 2.94 bits per heavy atom. The molecule has 1 aromatic carbocycles. The van der Waals surface area contributed by atoms with Crippen LogP contribution in [0.25, 0.3) is 0 Å². The number of halogens is 1. The maximum Gasteiger partial charge on any atom is 0.206 e. The van der Waals surface area contributed by atoms with Gasteiger partial charge in [0.1, 0.15) is 0 Å². The quantitative estimate of drug-likeness (QED) is 0.807. The fourth-order valence-electron chi connectivity index (χ4n) is 1.33. The molecule has 0 spiro atoms. The van der Waals surface area contributed by atoms with Gasteiger partial charge in [-0.05, 0) is 18.1 Å². The fourth-order valence-corrected chi connectivity index (χ4v) is 3.39. The standard InChI is InChI=1S/C12H14ClN3S2/c1-2-7-14-11-15-16-12(18-11)17-8-9-5-3-4-6-10(9)13/h3-6H,2,7-8H2,1H3,(H,14,15). The van der Waals surface area contributed by atoms with Crippen molar-refractivity contribution in [2.45, 2.75) is 23.4 Å². The molecule has 0 saturated carbocycles. The smallest absolute Gasteiger partial charge is 0.206 e. The molecule has 1 heterocycles. The van der Waals surface area contributed by atoms with Gasteiger partial charge in [-0.2, -0.15) is 0 Å². The summed E-state index contributed by atoms with van der Waals surface area (Å²) in [4.78, 5) is 0. The van der Waals surface area contributed by atoms with Crippen molar-refractivity contribution >= 4 is 39.8 Å². The molecule has 0 unspecified atom stereocenters. The normalized spacial score (nSPS) is 10.6. The number of hydrogen-bond donors (Lipinski definition) is 1. The summed E-state index contributed by atoms with van der Waals surface area (Å²) in [7, 11) is 0. The van der Waals surface area contributed by atoms with Crippen LogP contribution in [0.3, 0.4) is 0 Å². The zero-order valence-electron chi connectivity index (χ0n) is 10.0. The highest BCUT2D eigenvalue weighted by atomic mass is 35.5. The highest BCUT2D eigenvalue weighted by molar-refractivity contribution is 8.00. The molecule has 0 aliphatic carbocycles. The third-order valence-electron chi connectivity index (χ3n) is 2.24. The minimum absolute atomic E-state index is 0.804. The van der Waals surface area contributed by atoms with Crippen LogP contribution in [0.15, 0.2) is 28.6 Å². The topological polar surface area (TPSA) is 37.8 Å². The Balaban J connectivity index is 1.90. The predicted molar refractivity (Wildman–Crippen MR) is 79.7 cm³/mol. The number of nitrogens with one attached hydrogen (secondary N) is 1. The van der Waals surface area contributed by atoms with Crippen LogP contribution >= 0.6 is 34.7 Å². The van der Waals surface area contributed by atoms with Crippen molar-refractivity contribution in [2.24, 2.45) is 0 Å². The van der Waals surface area contributed by atoms with Crippen molar-refractivity contribution in [3.05, 3.63) is 34.9 Å². The van der Waals surface area contributed by atoms with Crippen LogP contribution in [-0.2, 0) is 5.75 Å². The number of benzene rings is 1. The van der Waals surface area contributed by atoms with Gasteiger partial charge in [-0.15, -0.1) is 10.2 Å². The van der Waals surface area contributed by atoms with E-state index in [1.54, 1.807) is 23.1 Å². The molecular formula is C12H14ClN3S2. The second-order valence-corrected chi connectivity index (χ2v) is 6.29. The zero-order valence-corrected chi connectivity index (χ0v) is 12.4. The molecule has 2 rings (SSSR count). The van der Waals surface area contributed by atoms with E-state index in [-0.39, 0.29) is 0 Å². The van der Waals surface area contributed by atoms with Crippen molar-refractivity contribution in [2.75, 3.05) is 11.9 Å². The summed E-state index contributed by atoms with van der Waals surface area (Å²) in [5.41, 5.74) is 1.13. The van der Waals surface area contributed by atoms with Crippen LogP contribution in [0.5, 0.6) is 0 Å². The van der Waals surface area contributed by atoms with E-state index in [0.29, 0.717) is 0 Å². The molecule has 1 N–H and O–H groups in total. The van der Waals surface area contributed by atoms with Gasteiger partial charge in [0, 0.05) is 17.3 Å². The minimum atomic E-state index is 0.804. The average Bonchev–Trinajstić information content (AvgIpc) is 2.83. The molecule has 0 radical (unpaired) electrons. The first-order valence-electron chi connectivity index (χ1n) is 5.73. The molecule has 6 heteroatoms. The lowest BCUT2D eigenvalue weighted by atomic mass is 10.2. The molecule has 0 aliphatic rings. The summed E-state index contributed by atoms with van der Waals surface area (Å²) in [5.74, 6) is 0.822. The van der Waals surface area contributed by atoms with Crippen molar-refractivity contribution in [1.29, 1.82) is 0 Å². The minimum Gasteiger partial charge on any atom is -0.360 e. The summed E-state index contributed by atoms with van der Waals surface area (Å²) < 4.78 is 0.966. The maximum atomic E-state index is 6.11. The van der Waals surface area contributed by atoms with Crippen molar-refractivity contribution in [3.8, 4) is 0 Å². The number of thioether (sulfide) groups is 1.